The van der Waals surface area contributed by atoms with Crippen molar-refractivity contribution >= 4 is 23.5 Å². The van der Waals surface area contributed by atoms with Gasteiger partial charge < -0.3 is 20.8 Å². The fourth-order valence-electron chi connectivity index (χ4n) is 1.65. The number of hydrogen-bond donors (Lipinski definition) is 4. The molecule has 1 aromatic rings. The smallest absolute Gasteiger partial charge is 0.326 e. The molecule has 4 N–H and O–H groups in total. The lowest BCUT2D eigenvalue weighted by atomic mass is 10.1. The number of benzene rings is 1. The van der Waals surface area contributed by atoms with Crippen LogP contribution in [-0.2, 0) is 9.59 Å². The summed E-state index contributed by atoms with van der Waals surface area (Å²) in [5.41, 5.74) is 1.10. The summed E-state index contributed by atoms with van der Waals surface area (Å²) < 4.78 is 0. The van der Waals surface area contributed by atoms with Crippen LogP contribution in [-0.4, -0.2) is 34.1 Å². The molecule has 0 aliphatic carbocycles. The van der Waals surface area contributed by atoms with Gasteiger partial charge in [0.2, 0.25) is 0 Å². The molecule has 0 aliphatic heterocycles. The van der Waals surface area contributed by atoms with Crippen LogP contribution in [0.25, 0.3) is 0 Å². The molecule has 7 heteroatoms. The third kappa shape index (κ3) is 5.52. The van der Waals surface area contributed by atoms with Gasteiger partial charge in [0.05, 0.1) is 0 Å². The number of aliphatic carboxylic acids is 2. The third-order valence-corrected chi connectivity index (χ3v) is 2.71. The Morgan fingerprint density at radius 2 is 1.81 bits per heavy atom. The highest BCUT2D eigenvalue weighted by molar-refractivity contribution is 5.96. The van der Waals surface area contributed by atoms with Crippen molar-refractivity contribution in [2.45, 2.75) is 25.8 Å². The number of amides is 1. The van der Waals surface area contributed by atoms with Gasteiger partial charge in [0.25, 0.3) is 5.91 Å². The summed E-state index contributed by atoms with van der Waals surface area (Å²) in [6, 6.07) is 5.24. The molecule has 0 saturated heterocycles. The van der Waals surface area contributed by atoms with E-state index < -0.39 is 23.9 Å². The highest BCUT2D eigenvalue weighted by atomic mass is 16.4. The van der Waals surface area contributed by atoms with E-state index in [0.717, 1.165) is 5.69 Å². The minimum atomic E-state index is -1.26. The van der Waals surface area contributed by atoms with E-state index in [1.54, 1.807) is 30.8 Å². The number of carboxylic acids is 2. The van der Waals surface area contributed by atoms with Crippen molar-refractivity contribution in [3.05, 3.63) is 36.4 Å². The molecule has 1 aromatic carbocycles. The van der Waals surface area contributed by atoms with E-state index in [0.29, 0.717) is 5.56 Å². The first-order valence-corrected chi connectivity index (χ1v) is 6.34. The molecule has 1 rings (SSSR count). The first-order valence-electron chi connectivity index (χ1n) is 6.34. The largest absolute Gasteiger partial charge is 0.535 e. The van der Waals surface area contributed by atoms with Gasteiger partial charge in [-0.3, -0.25) is 9.59 Å². The van der Waals surface area contributed by atoms with Crippen LogP contribution in [0.15, 0.2) is 24.3 Å². The van der Waals surface area contributed by atoms with E-state index in [1.807, 2.05) is 6.92 Å². The molecular formula is C14H17N2O5-. The van der Waals surface area contributed by atoms with Crippen LogP contribution >= 0.6 is 0 Å². The van der Waals surface area contributed by atoms with Crippen LogP contribution < -0.4 is 10.6 Å². The topological polar surface area (TPSA) is 116 Å². The summed E-state index contributed by atoms with van der Waals surface area (Å²) in [6.07, 6.45) is -0.493. The molecular weight excluding hydrogens is 276 g/mol. The summed E-state index contributed by atoms with van der Waals surface area (Å²) in [7, 11) is 0. The Labute approximate surface area is 122 Å². The molecule has 1 atom stereocenters. The van der Waals surface area contributed by atoms with Crippen molar-refractivity contribution in [1.82, 2.24) is 5.32 Å². The van der Waals surface area contributed by atoms with Crippen LogP contribution in [0, 0.1) is 6.54 Å². The highest BCUT2D eigenvalue weighted by Gasteiger charge is 2.21. The van der Waals surface area contributed by atoms with Crippen LogP contribution in [0.2, 0.25) is 0 Å². The van der Waals surface area contributed by atoms with E-state index >= 15 is 0 Å². The Kier molecular flexibility index (Phi) is 6.19. The molecule has 0 bridgehead atoms. The SMILES string of the molecule is C[CH-]Nc1ccc(C(=O)NC(CCC(=O)O)C(=O)O)cc1. The molecule has 0 aromatic heterocycles. The van der Waals surface area contributed by atoms with Crippen LogP contribution in [0.1, 0.15) is 30.1 Å². The lowest BCUT2D eigenvalue weighted by molar-refractivity contribution is -0.140. The van der Waals surface area contributed by atoms with Gasteiger partial charge in [-0.1, -0.05) is 0 Å². The molecule has 0 saturated carbocycles. The maximum Gasteiger partial charge on any atom is 0.326 e. The molecule has 0 aliphatic rings. The molecule has 0 heterocycles. The van der Waals surface area contributed by atoms with Crippen molar-refractivity contribution < 1.29 is 24.6 Å². The normalized spacial score (nSPS) is 11.5. The van der Waals surface area contributed by atoms with Gasteiger partial charge in [-0.25, -0.2) is 11.3 Å². The average molecular weight is 293 g/mol. The fourth-order valence-corrected chi connectivity index (χ4v) is 1.65. The van der Waals surface area contributed by atoms with Gasteiger partial charge in [-0.15, -0.1) is 0 Å². The number of anilines is 1. The zero-order valence-corrected chi connectivity index (χ0v) is 11.5. The molecule has 21 heavy (non-hydrogen) atoms. The third-order valence-electron chi connectivity index (χ3n) is 2.71. The average Bonchev–Trinajstić information content (AvgIpc) is 2.43. The molecule has 1 amide bonds. The zero-order valence-electron chi connectivity index (χ0n) is 11.5. The van der Waals surface area contributed by atoms with Crippen molar-refractivity contribution in [3.63, 3.8) is 0 Å². The maximum absolute atomic E-state index is 11.9. The van der Waals surface area contributed by atoms with Crippen LogP contribution in [0.5, 0.6) is 0 Å². The Hall–Kier alpha value is -2.57. The van der Waals surface area contributed by atoms with Crippen LogP contribution in [0.4, 0.5) is 5.69 Å². The maximum atomic E-state index is 11.9. The Bertz CT molecular complexity index is 513. The predicted molar refractivity (Wildman–Crippen MR) is 75.8 cm³/mol. The van der Waals surface area contributed by atoms with Crippen LogP contribution in [0.3, 0.4) is 0 Å². The summed E-state index contributed by atoms with van der Waals surface area (Å²) in [4.78, 5) is 33.4. The number of nitrogens with one attached hydrogen (secondary N) is 2. The predicted octanol–water partition coefficient (Wildman–Crippen LogP) is 1.33. The second-order valence-corrected chi connectivity index (χ2v) is 4.31. The summed E-state index contributed by atoms with van der Waals surface area (Å²) >= 11 is 0. The molecule has 114 valence electrons. The summed E-state index contributed by atoms with van der Waals surface area (Å²) in [5, 5.41) is 22.8. The van der Waals surface area contributed by atoms with E-state index in [-0.39, 0.29) is 12.8 Å². The lowest BCUT2D eigenvalue weighted by Crippen LogP contribution is -2.41. The van der Waals surface area contributed by atoms with Gasteiger partial charge in [-0.05, 0) is 30.7 Å². The van der Waals surface area contributed by atoms with E-state index in [4.69, 9.17) is 10.2 Å². The second-order valence-electron chi connectivity index (χ2n) is 4.31. The van der Waals surface area contributed by atoms with Gasteiger partial charge >= 0.3 is 11.9 Å². The molecule has 1 unspecified atom stereocenters. The molecule has 0 spiro atoms. The number of carbonyl (C=O) groups is 3. The number of hydrogen-bond acceptors (Lipinski definition) is 4. The first-order chi connectivity index (χ1) is 9.93. The lowest BCUT2D eigenvalue weighted by Gasteiger charge is -2.15. The van der Waals surface area contributed by atoms with E-state index in [2.05, 4.69) is 10.6 Å². The van der Waals surface area contributed by atoms with Gasteiger partial charge in [-0.2, -0.15) is 6.92 Å². The first kappa shape index (κ1) is 16.5. The van der Waals surface area contributed by atoms with E-state index in [1.165, 1.54) is 0 Å². The summed E-state index contributed by atoms with van der Waals surface area (Å²) in [5.74, 6) is -2.93. The minimum Gasteiger partial charge on any atom is -0.535 e. The Balaban J connectivity index is 2.67. The zero-order chi connectivity index (χ0) is 15.8. The minimum absolute atomic E-state index is 0.166. The van der Waals surface area contributed by atoms with Crippen molar-refractivity contribution in [2.24, 2.45) is 0 Å². The number of rotatable bonds is 8. The van der Waals surface area contributed by atoms with Gasteiger partial charge in [0.15, 0.2) is 0 Å². The van der Waals surface area contributed by atoms with E-state index in [9.17, 15) is 14.4 Å². The van der Waals surface area contributed by atoms with Crippen molar-refractivity contribution in [1.29, 1.82) is 0 Å². The van der Waals surface area contributed by atoms with Gasteiger partial charge in [0, 0.05) is 17.7 Å². The van der Waals surface area contributed by atoms with Crippen molar-refractivity contribution in [3.8, 4) is 0 Å². The molecule has 0 radical (unpaired) electrons. The van der Waals surface area contributed by atoms with Gasteiger partial charge in [0.1, 0.15) is 6.04 Å². The highest BCUT2D eigenvalue weighted by Crippen LogP contribution is 2.10. The Morgan fingerprint density at radius 1 is 1.19 bits per heavy atom. The number of carboxylic acid groups (broad SMARTS) is 2. The second kappa shape index (κ2) is 7.88. The quantitative estimate of drug-likeness (QED) is 0.537. The summed E-state index contributed by atoms with van der Waals surface area (Å²) in [6.45, 7) is 3.56. The molecule has 0 fully saturated rings. The number of carbonyl (C=O) groups excluding carboxylic acids is 1. The van der Waals surface area contributed by atoms with Crippen molar-refractivity contribution in [2.75, 3.05) is 5.32 Å². The fraction of sp³-hybridized carbons (Fsp3) is 0.286. The molecule has 7 nitrogen and oxygen atoms in total. The standard InChI is InChI=1S/C14H17N2O5/c1-2-15-10-5-3-9(4-6-10)13(19)16-11(14(20)21)7-8-12(17)18/h2-6,11,15H,7-8H2,1H3,(H,16,19)(H,17,18)(H,20,21)/q-1. The monoisotopic (exact) mass is 293 g/mol. The Morgan fingerprint density at radius 3 is 2.29 bits per heavy atom.